The molecular formula is C9H7Br2NOS. The van der Waals surface area contributed by atoms with E-state index >= 15 is 0 Å². The molecule has 1 rings (SSSR count). The first-order valence-electron chi connectivity index (χ1n) is 3.77. The van der Waals surface area contributed by atoms with Crippen molar-refractivity contribution in [3.63, 3.8) is 0 Å². The van der Waals surface area contributed by atoms with Gasteiger partial charge in [-0.2, -0.15) is 0 Å². The SMILES string of the molecule is CC#CCNC(=O)c1cc(Br)sc1Br. The third kappa shape index (κ3) is 3.12. The van der Waals surface area contributed by atoms with Gasteiger partial charge in [0.1, 0.15) is 0 Å². The summed E-state index contributed by atoms with van der Waals surface area (Å²) in [5.41, 5.74) is 0.639. The summed E-state index contributed by atoms with van der Waals surface area (Å²) >= 11 is 8.11. The lowest BCUT2D eigenvalue weighted by atomic mass is 10.3. The van der Waals surface area contributed by atoms with E-state index < -0.39 is 0 Å². The lowest BCUT2D eigenvalue weighted by Crippen LogP contribution is -2.23. The molecule has 0 aromatic carbocycles. The number of rotatable bonds is 2. The summed E-state index contributed by atoms with van der Waals surface area (Å²) in [6, 6.07) is 1.78. The second-order valence-electron chi connectivity index (χ2n) is 2.35. The molecule has 0 unspecified atom stereocenters. The molecule has 0 spiro atoms. The van der Waals surface area contributed by atoms with Gasteiger partial charge in [0, 0.05) is 0 Å². The van der Waals surface area contributed by atoms with Crippen molar-refractivity contribution in [2.24, 2.45) is 0 Å². The molecule has 0 atom stereocenters. The number of hydrogen-bond acceptors (Lipinski definition) is 2. The Labute approximate surface area is 103 Å². The van der Waals surface area contributed by atoms with Crippen molar-refractivity contribution in [3.8, 4) is 11.8 Å². The summed E-state index contributed by atoms with van der Waals surface area (Å²) in [4.78, 5) is 11.5. The molecule has 0 bridgehead atoms. The number of halogens is 2. The molecule has 1 heterocycles. The zero-order chi connectivity index (χ0) is 10.6. The lowest BCUT2D eigenvalue weighted by Gasteiger charge is -1.98. The summed E-state index contributed by atoms with van der Waals surface area (Å²) in [5, 5.41) is 2.70. The molecular weight excluding hydrogens is 330 g/mol. The quantitative estimate of drug-likeness (QED) is 0.826. The molecule has 0 saturated carbocycles. The largest absolute Gasteiger partial charge is 0.341 e. The Balaban J connectivity index is 2.68. The number of amides is 1. The Hall–Kier alpha value is -0.310. The maximum Gasteiger partial charge on any atom is 0.254 e. The number of carbonyl (C=O) groups excluding carboxylic acids is 1. The van der Waals surface area contributed by atoms with Crippen LogP contribution in [0.15, 0.2) is 13.6 Å². The van der Waals surface area contributed by atoms with Crippen LogP contribution in [0.1, 0.15) is 17.3 Å². The Morgan fingerprint density at radius 2 is 2.36 bits per heavy atom. The highest BCUT2D eigenvalue weighted by atomic mass is 79.9. The fraction of sp³-hybridized carbons (Fsp3) is 0.222. The standard InChI is InChI=1S/C9H7Br2NOS/c1-2-3-4-12-9(13)6-5-7(10)14-8(6)11/h5H,4H2,1H3,(H,12,13). The van der Waals surface area contributed by atoms with Gasteiger partial charge in [0.15, 0.2) is 0 Å². The van der Waals surface area contributed by atoms with Crippen LogP contribution in [0.2, 0.25) is 0 Å². The number of hydrogen-bond donors (Lipinski definition) is 1. The molecule has 5 heteroatoms. The summed E-state index contributed by atoms with van der Waals surface area (Å²) in [6.07, 6.45) is 0. The van der Waals surface area contributed by atoms with Gasteiger partial charge in [-0.3, -0.25) is 4.79 Å². The van der Waals surface area contributed by atoms with Crippen LogP contribution in [0.5, 0.6) is 0 Å². The van der Waals surface area contributed by atoms with Crippen LogP contribution in [0, 0.1) is 11.8 Å². The smallest absolute Gasteiger partial charge is 0.254 e. The minimum absolute atomic E-state index is 0.110. The van der Waals surface area contributed by atoms with E-state index in [9.17, 15) is 4.79 Å². The van der Waals surface area contributed by atoms with Crippen molar-refractivity contribution in [1.82, 2.24) is 5.32 Å². The van der Waals surface area contributed by atoms with Gasteiger partial charge in [0.2, 0.25) is 0 Å². The van der Waals surface area contributed by atoms with Crippen LogP contribution >= 0.6 is 43.2 Å². The van der Waals surface area contributed by atoms with Crippen molar-refractivity contribution >= 4 is 49.1 Å². The van der Waals surface area contributed by atoms with Gasteiger partial charge >= 0.3 is 0 Å². The minimum atomic E-state index is -0.110. The molecule has 1 N–H and O–H groups in total. The van der Waals surface area contributed by atoms with E-state index in [0.717, 1.165) is 7.57 Å². The molecule has 14 heavy (non-hydrogen) atoms. The zero-order valence-electron chi connectivity index (χ0n) is 7.36. The van der Waals surface area contributed by atoms with Gasteiger partial charge in [-0.05, 0) is 44.8 Å². The average Bonchev–Trinajstić information content (AvgIpc) is 2.45. The first kappa shape index (κ1) is 11.8. The van der Waals surface area contributed by atoms with Crippen molar-refractivity contribution in [1.29, 1.82) is 0 Å². The van der Waals surface area contributed by atoms with E-state index in [0.29, 0.717) is 12.1 Å². The monoisotopic (exact) mass is 335 g/mol. The van der Waals surface area contributed by atoms with Crippen molar-refractivity contribution in [2.75, 3.05) is 6.54 Å². The van der Waals surface area contributed by atoms with Gasteiger partial charge in [0.05, 0.1) is 19.7 Å². The predicted octanol–water partition coefficient (Wildman–Crippen LogP) is 3.03. The molecule has 1 amide bonds. The van der Waals surface area contributed by atoms with Gasteiger partial charge in [-0.15, -0.1) is 17.3 Å². The third-order valence-electron chi connectivity index (χ3n) is 1.42. The molecule has 0 aliphatic heterocycles. The normalized spacial score (nSPS) is 9.07. The van der Waals surface area contributed by atoms with Crippen LogP contribution in [0.25, 0.3) is 0 Å². The fourth-order valence-electron chi connectivity index (χ4n) is 0.803. The van der Waals surface area contributed by atoms with Crippen LogP contribution in [0.3, 0.4) is 0 Å². The van der Waals surface area contributed by atoms with Gasteiger partial charge in [-0.1, -0.05) is 5.92 Å². The Morgan fingerprint density at radius 1 is 1.64 bits per heavy atom. The number of thiophene rings is 1. The summed E-state index contributed by atoms with van der Waals surface area (Å²) in [6.45, 7) is 2.12. The first-order chi connectivity index (χ1) is 6.65. The maximum atomic E-state index is 11.5. The molecule has 0 fully saturated rings. The molecule has 1 aromatic heterocycles. The molecule has 2 nitrogen and oxygen atoms in total. The van der Waals surface area contributed by atoms with Gasteiger partial charge in [0.25, 0.3) is 5.91 Å². The zero-order valence-corrected chi connectivity index (χ0v) is 11.3. The van der Waals surface area contributed by atoms with E-state index in [1.165, 1.54) is 11.3 Å². The molecule has 0 saturated heterocycles. The summed E-state index contributed by atoms with van der Waals surface area (Å²) in [5.74, 6) is 5.37. The summed E-state index contributed by atoms with van der Waals surface area (Å²) < 4.78 is 1.75. The average molecular weight is 337 g/mol. The van der Waals surface area contributed by atoms with E-state index in [2.05, 4.69) is 49.0 Å². The number of carbonyl (C=O) groups is 1. The molecule has 1 aromatic rings. The Bertz CT molecular complexity index is 403. The fourth-order valence-corrected chi connectivity index (χ4v) is 3.60. The third-order valence-corrected chi connectivity index (χ3v) is 3.75. The van der Waals surface area contributed by atoms with E-state index in [-0.39, 0.29) is 5.91 Å². The van der Waals surface area contributed by atoms with Crippen LogP contribution < -0.4 is 5.32 Å². The van der Waals surface area contributed by atoms with Crippen LogP contribution in [-0.2, 0) is 0 Å². The lowest BCUT2D eigenvalue weighted by molar-refractivity contribution is 0.0958. The predicted molar refractivity (Wildman–Crippen MR) is 65.5 cm³/mol. The van der Waals surface area contributed by atoms with E-state index in [1.807, 2.05) is 0 Å². The van der Waals surface area contributed by atoms with Crippen molar-refractivity contribution in [3.05, 3.63) is 19.2 Å². The molecule has 0 aliphatic carbocycles. The second-order valence-corrected chi connectivity index (χ2v) is 6.10. The molecule has 0 aliphatic rings. The van der Waals surface area contributed by atoms with Gasteiger partial charge in [-0.25, -0.2) is 0 Å². The highest BCUT2D eigenvalue weighted by Gasteiger charge is 2.12. The molecule has 74 valence electrons. The van der Waals surface area contributed by atoms with Crippen LogP contribution in [-0.4, -0.2) is 12.5 Å². The highest BCUT2D eigenvalue weighted by molar-refractivity contribution is 9.12. The van der Waals surface area contributed by atoms with E-state index in [4.69, 9.17) is 0 Å². The van der Waals surface area contributed by atoms with Crippen molar-refractivity contribution in [2.45, 2.75) is 6.92 Å². The van der Waals surface area contributed by atoms with E-state index in [1.54, 1.807) is 13.0 Å². The maximum absolute atomic E-state index is 11.5. The Kier molecular flexibility index (Phi) is 4.66. The summed E-state index contributed by atoms with van der Waals surface area (Å²) in [7, 11) is 0. The second kappa shape index (κ2) is 5.54. The van der Waals surface area contributed by atoms with Crippen molar-refractivity contribution < 1.29 is 4.79 Å². The highest BCUT2D eigenvalue weighted by Crippen LogP contribution is 2.31. The first-order valence-corrected chi connectivity index (χ1v) is 6.18. The van der Waals surface area contributed by atoms with Gasteiger partial charge < -0.3 is 5.32 Å². The minimum Gasteiger partial charge on any atom is -0.341 e. The Morgan fingerprint density at radius 3 is 2.86 bits per heavy atom. The molecule has 0 radical (unpaired) electrons. The van der Waals surface area contributed by atoms with Crippen LogP contribution in [0.4, 0.5) is 0 Å². The topological polar surface area (TPSA) is 29.1 Å². The number of nitrogens with one attached hydrogen (secondary N) is 1.